The molecule has 0 amide bonds. The van der Waals surface area contributed by atoms with Crippen LogP contribution in [-0.2, 0) is 16.4 Å². The highest BCUT2D eigenvalue weighted by molar-refractivity contribution is 7.90. The highest BCUT2D eigenvalue weighted by Crippen LogP contribution is 2.39. The average molecular weight is 580 g/mol. The minimum Gasteiger partial charge on any atom is -0.440 e. The van der Waals surface area contributed by atoms with Crippen LogP contribution in [0.25, 0.3) is 39.4 Å². The van der Waals surface area contributed by atoms with Gasteiger partial charge >= 0.3 is 6.61 Å². The highest BCUT2D eigenvalue weighted by atomic mass is 32.2. The number of sulfone groups is 1. The molecule has 0 atom stereocenters. The summed E-state index contributed by atoms with van der Waals surface area (Å²) in [5.41, 5.74) is 4.97. The van der Waals surface area contributed by atoms with Crippen LogP contribution in [0.5, 0.6) is 5.75 Å². The first-order valence-electron chi connectivity index (χ1n) is 12.6. The van der Waals surface area contributed by atoms with E-state index in [9.17, 15) is 22.3 Å². The zero-order chi connectivity index (χ0) is 29.5. The molecule has 3 aromatic carbocycles. The lowest BCUT2D eigenvalue weighted by atomic mass is 9.97. The Morgan fingerprint density at radius 3 is 2.22 bits per heavy atom. The lowest BCUT2D eigenvalue weighted by molar-refractivity contribution is -0.0498. The van der Waals surface area contributed by atoms with Crippen molar-refractivity contribution in [2.24, 2.45) is 0 Å². The molecule has 0 bridgehead atoms. The van der Waals surface area contributed by atoms with Crippen molar-refractivity contribution in [2.75, 3.05) is 6.26 Å². The van der Waals surface area contributed by atoms with Crippen molar-refractivity contribution in [3.8, 4) is 45.1 Å². The maximum Gasteiger partial charge on any atom is 0.387 e. The van der Waals surface area contributed by atoms with E-state index in [1.807, 2.05) is 42.8 Å². The second-order valence-corrected chi connectivity index (χ2v) is 11.6. The number of aliphatic hydroxyl groups excluding tert-OH is 1. The maximum absolute atomic E-state index is 12.7. The number of oxazole rings is 1. The van der Waals surface area contributed by atoms with Gasteiger partial charge in [0.2, 0.25) is 0 Å². The molecular weight excluding hydrogens is 552 g/mol. The first-order valence-corrected chi connectivity index (χ1v) is 14.5. The Labute approximate surface area is 235 Å². The van der Waals surface area contributed by atoms with Gasteiger partial charge in [-0.05, 0) is 73.0 Å². The predicted octanol–water partition coefficient (Wildman–Crippen LogP) is 6.28. The minimum atomic E-state index is -3.60. The van der Waals surface area contributed by atoms with E-state index in [0.29, 0.717) is 45.2 Å². The molecule has 0 spiro atoms. The number of imidazole rings is 1. The summed E-state index contributed by atoms with van der Waals surface area (Å²) in [6.07, 6.45) is 3.00. The lowest BCUT2D eigenvalue weighted by Gasteiger charge is -2.15. The topological polar surface area (TPSA) is 107 Å². The van der Waals surface area contributed by atoms with Gasteiger partial charge < -0.3 is 18.8 Å². The standard InChI is InChI=1S/C30H27F2N3O5S/c1-17-15-35(18(2)33-17)26-12-9-21(22-5-6-23(16-36)27(14-22)41(4,37)38)13-25(26)29-28(34-19(3)39-29)20-7-10-24(11-8-20)40-30(31)32/h5-15,30,36H,16H2,1-4H3. The zero-order valence-corrected chi connectivity index (χ0v) is 23.5. The van der Waals surface area contributed by atoms with E-state index in [4.69, 9.17) is 4.42 Å². The largest absolute Gasteiger partial charge is 0.440 e. The first kappa shape index (κ1) is 28.2. The molecule has 212 valence electrons. The molecule has 0 saturated heterocycles. The molecule has 2 aromatic heterocycles. The number of nitrogens with zero attached hydrogens (tertiary/aromatic N) is 3. The quantitative estimate of drug-likeness (QED) is 0.230. The van der Waals surface area contributed by atoms with Crippen molar-refractivity contribution in [1.29, 1.82) is 0 Å². The van der Waals surface area contributed by atoms with Crippen LogP contribution in [0.3, 0.4) is 0 Å². The third kappa shape index (κ3) is 5.77. The lowest BCUT2D eigenvalue weighted by Crippen LogP contribution is -2.03. The molecule has 1 N–H and O–H groups in total. The smallest absolute Gasteiger partial charge is 0.387 e. The molecule has 5 rings (SSSR count). The van der Waals surface area contributed by atoms with Gasteiger partial charge in [0.05, 0.1) is 22.9 Å². The summed E-state index contributed by atoms with van der Waals surface area (Å²) >= 11 is 0. The zero-order valence-electron chi connectivity index (χ0n) is 22.7. The molecule has 0 saturated carbocycles. The SMILES string of the molecule is Cc1cn(-c2ccc(-c3ccc(CO)c(S(C)(=O)=O)c3)cc2-c2oc(C)nc2-c2ccc(OC(F)F)cc2)c(C)n1. The van der Waals surface area contributed by atoms with E-state index in [1.54, 1.807) is 37.3 Å². The summed E-state index contributed by atoms with van der Waals surface area (Å²) in [4.78, 5) is 9.17. The van der Waals surface area contributed by atoms with Crippen molar-refractivity contribution in [1.82, 2.24) is 14.5 Å². The van der Waals surface area contributed by atoms with E-state index < -0.39 is 23.1 Å². The number of hydrogen-bond acceptors (Lipinski definition) is 7. The molecule has 41 heavy (non-hydrogen) atoms. The summed E-state index contributed by atoms with van der Waals surface area (Å²) in [5, 5.41) is 9.69. The Morgan fingerprint density at radius 1 is 0.951 bits per heavy atom. The number of rotatable bonds is 8. The van der Waals surface area contributed by atoms with Gasteiger partial charge in [-0.25, -0.2) is 18.4 Å². The Hall–Kier alpha value is -4.35. The van der Waals surface area contributed by atoms with Gasteiger partial charge in [-0.2, -0.15) is 8.78 Å². The fraction of sp³-hybridized carbons (Fsp3) is 0.200. The van der Waals surface area contributed by atoms with Crippen LogP contribution in [0.2, 0.25) is 0 Å². The van der Waals surface area contributed by atoms with E-state index >= 15 is 0 Å². The van der Waals surface area contributed by atoms with Crippen LogP contribution in [0.15, 0.2) is 76.2 Å². The van der Waals surface area contributed by atoms with Gasteiger partial charge in [-0.15, -0.1) is 0 Å². The van der Waals surface area contributed by atoms with Crippen LogP contribution in [0.4, 0.5) is 8.78 Å². The van der Waals surface area contributed by atoms with Crippen LogP contribution < -0.4 is 4.74 Å². The summed E-state index contributed by atoms with van der Waals surface area (Å²) < 4.78 is 62.8. The highest BCUT2D eigenvalue weighted by Gasteiger charge is 2.22. The summed E-state index contributed by atoms with van der Waals surface area (Å²) in [7, 11) is -3.60. The van der Waals surface area contributed by atoms with Crippen molar-refractivity contribution in [3.63, 3.8) is 0 Å². The number of aryl methyl sites for hydroxylation is 3. The van der Waals surface area contributed by atoms with E-state index in [2.05, 4.69) is 14.7 Å². The molecular formula is C30H27F2N3O5S. The number of benzene rings is 3. The second-order valence-electron chi connectivity index (χ2n) is 9.60. The molecule has 0 fully saturated rings. The van der Waals surface area contributed by atoms with Crippen molar-refractivity contribution < 1.29 is 31.5 Å². The van der Waals surface area contributed by atoms with E-state index in [1.165, 1.54) is 12.1 Å². The van der Waals surface area contributed by atoms with E-state index in [0.717, 1.165) is 23.5 Å². The summed E-state index contributed by atoms with van der Waals surface area (Å²) in [5.74, 6) is 1.59. The van der Waals surface area contributed by atoms with Gasteiger partial charge in [0.25, 0.3) is 0 Å². The second kappa shape index (κ2) is 10.9. The fourth-order valence-corrected chi connectivity index (χ4v) is 5.73. The fourth-order valence-electron chi connectivity index (χ4n) is 4.78. The van der Waals surface area contributed by atoms with Gasteiger partial charge in [0.1, 0.15) is 17.3 Å². The first-order chi connectivity index (χ1) is 19.4. The van der Waals surface area contributed by atoms with Gasteiger partial charge in [-0.3, -0.25) is 0 Å². The molecule has 5 aromatic rings. The summed E-state index contributed by atoms with van der Waals surface area (Å²) in [6, 6.07) is 16.6. The monoisotopic (exact) mass is 579 g/mol. The third-order valence-electron chi connectivity index (χ3n) is 6.56. The summed E-state index contributed by atoms with van der Waals surface area (Å²) in [6.45, 7) is 2.13. The van der Waals surface area contributed by atoms with E-state index in [-0.39, 0.29) is 10.6 Å². The third-order valence-corrected chi connectivity index (χ3v) is 7.74. The van der Waals surface area contributed by atoms with Gasteiger partial charge in [0.15, 0.2) is 21.5 Å². The predicted molar refractivity (Wildman–Crippen MR) is 150 cm³/mol. The molecule has 0 aliphatic rings. The van der Waals surface area contributed by atoms with Crippen LogP contribution >= 0.6 is 0 Å². The molecule has 8 nitrogen and oxygen atoms in total. The van der Waals surface area contributed by atoms with Crippen LogP contribution in [0.1, 0.15) is 23.0 Å². The molecule has 0 aliphatic heterocycles. The Kier molecular flexibility index (Phi) is 7.50. The Morgan fingerprint density at radius 2 is 1.61 bits per heavy atom. The molecule has 0 radical (unpaired) electrons. The van der Waals surface area contributed by atoms with Crippen molar-refractivity contribution >= 4 is 9.84 Å². The number of hydrogen-bond donors (Lipinski definition) is 1. The Bertz CT molecular complexity index is 1840. The molecule has 0 unspecified atom stereocenters. The Balaban J connectivity index is 1.72. The number of ether oxygens (including phenoxy) is 1. The molecule has 2 heterocycles. The van der Waals surface area contributed by atoms with Gasteiger partial charge in [0, 0.05) is 30.5 Å². The normalized spacial score (nSPS) is 11.8. The van der Waals surface area contributed by atoms with Crippen LogP contribution in [-0.4, -0.2) is 40.9 Å². The molecule has 11 heteroatoms. The van der Waals surface area contributed by atoms with Gasteiger partial charge in [-0.1, -0.05) is 18.2 Å². The van der Waals surface area contributed by atoms with Crippen molar-refractivity contribution in [2.45, 2.75) is 38.9 Å². The minimum absolute atomic E-state index is 0.0192. The number of halogens is 2. The number of aromatic nitrogens is 3. The number of aliphatic hydroxyl groups is 1. The number of alkyl halides is 2. The maximum atomic E-state index is 12.7. The average Bonchev–Trinajstić information content (AvgIpc) is 3.48. The van der Waals surface area contributed by atoms with Crippen LogP contribution in [0, 0.1) is 20.8 Å². The van der Waals surface area contributed by atoms with Crippen molar-refractivity contribution in [3.05, 3.63) is 89.8 Å². The molecule has 0 aliphatic carbocycles.